The van der Waals surface area contributed by atoms with Crippen LogP contribution in [0.1, 0.15) is 23.9 Å². The average molecular weight is 335 g/mol. The molecule has 0 unspecified atom stereocenters. The number of benzene rings is 1. The van der Waals surface area contributed by atoms with E-state index in [0.29, 0.717) is 24.4 Å². The molecule has 0 fully saturated rings. The minimum Gasteiger partial charge on any atom is -0.361 e. The molecule has 0 atom stereocenters. The highest BCUT2D eigenvalue weighted by Crippen LogP contribution is 2.30. The summed E-state index contributed by atoms with van der Waals surface area (Å²) in [5.41, 5.74) is 2.17. The second-order valence-electron chi connectivity index (χ2n) is 5.46. The largest absolute Gasteiger partial charge is 0.361 e. The van der Waals surface area contributed by atoms with Crippen LogP contribution in [0.5, 0.6) is 0 Å². The van der Waals surface area contributed by atoms with E-state index in [-0.39, 0.29) is 17.3 Å². The molecular formula is C15H17N3O4S. The summed E-state index contributed by atoms with van der Waals surface area (Å²) in [4.78, 5) is 13.4. The molecule has 0 radical (unpaired) electrons. The average Bonchev–Trinajstić information content (AvgIpc) is 3.10. The van der Waals surface area contributed by atoms with Crippen molar-refractivity contribution >= 4 is 21.6 Å². The first-order valence-corrected chi connectivity index (χ1v) is 8.68. The number of nitrogens with one attached hydrogen (secondary N) is 1. The van der Waals surface area contributed by atoms with Gasteiger partial charge in [0.2, 0.25) is 15.9 Å². The lowest BCUT2D eigenvalue weighted by Crippen LogP contribution is -2.26. The van der Waals surface area contributed by atoms with Crippen molar-refractivity contribution in [3.8, 4) is 0 Å². The van der Waals surface area contributed by atoms with E-state index in [9.17, 15) is 13.2 Å². The molecule has 0 saturated heterocycles. The summed E-state index contributed by atoms with van der Waals surface area (Å²) in [5, 5.41) is 3.75. The Hall–Kier alpha value is -2.19. The second-order valence-corrected chi connectivity index (χ2v) is 7.23. The van der Waals surface area contributed by atoms with E-state index in [0.717, 1.165) is 11.3 Å². The fourth-order valence-corrected chi connectivity index (χ4v) is 3.68. The number of aromatic nitrogens is 1. The van der Waals surface area contributed by atoms with Gasteiger partial charge < -0.3 is 9.42 Å². The highest BCUT2D eigenvalue weighted by molar-refractivity contribution is 7.89. The minimum atomic E-state index is -3.64. The molecule has 8 heteroatoms. The number of rotatable bonds is 4. The van der Waals surface area contributed by atoms with Crippen LogP contribution in [0, 0.1) is 6.92 Å². The van der Waals surface area contributed by atoms with Gasteiger partial charge in [-0.15, -0.1) is 0 Å². The molecule has 1 aromatic heterocycles. The van der Waals surface area contributed by atoms with Crippen LogP contribution in [0.25, 0.3) is 0 Å². The van der Waals surface area contributed by atoms with E-state index < -0.39 is 10.0 Å². The Bertz CT molecular complexity index is 857. The molecule has 0 spiro atoms. The molecule has 23 heavy (non-hydrogen) atoms. The predicted octanol–water partition coefficient (Wildman–Crippen LogP) is 1.37. The van der Waals surface area contributed by atoms with Gasteiger partial charge in [-0.25, -0.2) is 13.1 Å². The lowest BCUT2D eigenvalue weighted by molar-refractivity contribution is -0.116. The number of aryl methyl sites for hydroxylation is 1. The summed E-state index contributed by atoms with van der Waals surface area (Å²) < 4.78 is 32.2. The standard InChI is InChI=1S/C15H17N3O4S/c1-10-7-13(17-22-10)9-16-23(20,21)14-3-4-15-12(8-14)5-6-18(15)11(2)19/h3-4,7-8,16H,5-6,9H2,1-2H3. The molecule has 122 valence electrons. The Labute approximate surface area is 134 Å². The number of carbonyl (C=O) groups is 1. The number of sulfonamides is 1. The van der Waals surface area contributed by atoms with Gasteiger partial charge in [-0.05, 0) is 37.1 Å². The minimum absolute atomic E-state index is 0.0427. The van der Waals surface area contributed by atoms with E-state index in [2.05, 4.69) is 9.88 Å². The van der Waals surface area contributed by atoms with Crippen molar-refractivity contribution in [2.75, 3.05) is 11.4 Å². The quantitative estimate of drug-likeness (QED) is 0.911. The van der Waals surface area contributed by atoms with Crippen molar-refractivity contribution in [2.45, 2.75) is 31.7 Å². The molecule has 0 bridgehead atoms. The smallest absolute Gasteiger partial charge is 0.240 e. The number of anilines is 1. The molecule has 3 rings (SSSR count). The first-order valence-electron chi connectivity index (χ1n) is 7.20. The van der Waals surface area contributed by atoms with Crippen LogP contribution in [0.2, 0.25) is 0 Å². The van der Waals surface area contributed by atoms with Crippen molar-refractivity contribution in [1.29, 1.82) is 0 Å². The van der Waals surface area contributed by atoms with Crippen LogP contribution in [-0.2, 0) is 27.8 Å². The number of hydrogen-bond donors (Lipinski definition) is 1. The Morgan fingerprint density at radius 2 is 2.17 bits per heavy atom. The Kier molecular flexibility index (Phi) is 3.95. The maximum Gasteiger partial charge on any atom is 0.240 e. The van der Waals surface area contributed by atoms with Crippen molar-refractivity contribution in [3.05, 3.63) is 41.3 Å². The van der Waals surface area contributed by atoms with Gasteiger partial charge >= 0.3 is 0 Å². The first-order chi connectivity index (χ1) is 10.9. The molecule has 1 aromatic carbocycles. The number of fused-ring (bicyclic) bond motifs is 1. The number of amides is 1. The summed E-state index contributed by atoms with van der Waals surface area (Å²) in [6.45, 7) is 3.89. The van der Waals surface area contributed by atoms with Gasteiger partial charge in [-0.1, -0.05) is 5.16 Å². The zero-order valence-electron chi connectivity index (χ0n) is 12.9. The van der Waals surface area contributed by atoms with E-state index in [1.165, 1.54) is 13.0 Å². The van der Waals surface area contributed by atoms with E-state index >= 15 is 0 Å². The van der Waals surface area contributed by atoms with Crippen molar-refractivity contribution in [1.82, 2.24) is 9.88 Å². The molecule has 1 N–H and O–H groups in total. The third-order valence-corrected chi connectivity index (χ3v) is 5.16. The van der Waals surface area contributed by atoms with Crippen LogP contribution >= 0.6 is 0 Å². The van der Waals surface area contributed by atoms with Crippen molar-refractivity contribution < 1.29 is 17.7 Å². The van der Waals surface area contributed by atoms with Gasteiger partial charge in [-0.2, -0.15) is 0 Å². The molecular weight excluding hydrogens is 318 g/mol. The predicted molar refractivity (Wildman–Crippen MR) is 83.4 cm³/mol. The molecule has 1 amide bonds. The third kappa shape index (κ3) is 3.13. The lowest BCUT2D eigenvalue weighted by atomic mass is 10.2. The number of nitrogens with zero attached hydrogens (tertiary/aromatic N) is 2. The molecule has 0 saturated carbocycles. The van der Waals surface area contributed by atoms with Gasteiger partial charge in [0, 0.05) is 25.2 Å². The SMILES string of the molecule is CC(=O)N1CCc2cc(S(=O)(=O)NCc3cc(C)on3)ccc21. The normalized spacial score (nSPS) is 14.1. The molecule has 1 aliphatic rings. The third-order valence-electron chi connectivity index (χ3n) is 3.76. The van der Waals surface area contributed by atoms with Gasteiger partial charge in [-0.3, -0.25) is 4.79 Å². The van der Waals surface area contributed by atoms with Crippen LogP contribution in [-0.4, -0.2) is 26.0 Å². The Balaban J connectivity index is 1.80. The molecule has 1 aliphatic heterocycles. The maximum atomic E-state index is 12.4. The van der Waals surface area contributed by atoms with Gasteiger partial charge in [0.15, 0.2) is 0 Å². The second kappa shape index (κ2) is 5.78. The number of hydrogen-bond acceptors (Lipinski definition) is 5. The highest BCUT2D eigenvalue weighted by atomic mass is 32.2. The summed E-state index contributed by atoms with van der Waals surface area (Å²) in [6.07, 6.45) is 0.654. The lowest BCUT2D eigenvalue weighted by Gasteiger charge is -2.15. The zero-order chi connectivity index (χ0) is 16.6. The number of carbonyl (C=O) groups excluding carboxylic acids is 1. The fourth-order valence-electron chi connectivity index (χ4n) is 2.63. The molecule has 2 aromatic rings. The Morgan fingerprint density at radius 3 is 2.83 bits per heavy atom. The summed E-state index contributed by atoms with van der Waals surface area (Å²) in [5.74, 6) is 0.583. The van der Waals surface area contributed by atoms with E-state index in [1.54, 1.807) is 30.0 Å². The van der Waals surface area contributed by atoms with Crippen LogP contribution < -0.4 is 9.62 Å². The van der Waals surface area contributed by atoms with Gasteiger partial charge in [0.1, 0.15) is 5.76 Å². The van der Waals surface area contributed by atoms with Crippen molar-refractivity contribution in [3.63, 3.8) is 0 Å². The monoisotopic (exact) mass is 335 g/mol. The highest BCUT2D eigenvalue weighted by Gasteiger charge is 2.24. The fraction of sp³-hybridized carbons (Fsp3) is 0.333. The van der Waals surface area contributed by atoms with Crippen LogP contribution in [0.15, 0.2) is 33.7 Å². The summed E-state index contributed by atoms with van der Waals surface area (Å²) in [6, 6.07) is 6.49. The van der Waals surface area contributed by atoms with Crippen LogP contribution in [0.3, 0.4) is 0 Å². The van der Waals surface area contributed by atoms with Crippen LogP contribution in [0.4, 0.5) is 5.69 Å². The van der Waals surface area contributed by atoms with Crippen molar-refractivity contribution in [2.24, 2.45) is 0 Å². The molecule has 2 heterocycles. The maximum absolute atomic E-state index is 12.4. The van der Waals surface area contributed by atoms with Gasteiger partial charge in [0.25, 0.3) is 0 Å². The Morgan fingerprint density at radius 1 is 1.39 bits per heavy atom. The topological polar surface area (TPSA) is 92.5 Å². The summed E-state index contributed by atoms with van der Waals surface area (Å²) in [7, 11) is -3.64. The molecule has 0 aliphatic carbocycles. The van der Waals surface area contributed by atoms with Gasteiger partial charge in [0.05, 0.1) is 17.1 Å². The van der Waals surface area contributed by atoms with E-state index in [4.69, 9.17) is 4.52 Å². The first kappa shape index (κ1) is 15.7. The summed E-state index contributed by atoms with van der Waals surface area (Å²) >= 11 is 0. The van der Waals surface area contributed by atoms with E-state index in [1.807, 2.05) is 0 Å². The zero-order valence-corrected chi connectivity index (χ0v) is 13.7. The molecule has 7 nitrogen and oxygen atoms in total.